The Bertz CT molecular complexity index is 756. The second-order valence-electron chi connectivity index (χ2n) is 6.44. The van der Waals surface area contributed by atoms with Crippen molar-refractivity contribution < 1.29 is 23.5 Å². The van der Waals surface area contributed by atoms with E-state index in [1.54, 1.807) is 24.1 Å². The summed E-state index contributed by atoms with van der Waals surface area (Å²) in [5.74, 6) is -1.73. The first-order valence-corrected chi connectivity index (χ1v) is 9.27. The average Bonchev–Trinajstić information content (AvgIpc) is 3.51. The number of carbonyl (C=O) groups is 3. The predicted octanol–water partition coefficient (Wildman–Crippen LogP) is 1.68. The van der Waals surface area contributed by atoms with Crippen LogP contribution < -0.4 is 11.1 Å². The maximum absolute atomic E-state index is 12.9. The fraction of sp³-hybridized carbons (Fsp3) is 0.381. The Labute approximate surface area is 170 Å². The van der Waals surface area contributed by atoms with Gasteiger partial charge in [-0.05, 0) is 43.5 Å². The van der Waals surface area contributed by atoms with Gasteiger partial charge in [0.2, 0.25) is 5.91 Å². The minimum absolute atomic E-state index is 0.000289. The molecule has 8 heteroatoms. The van der Waals surface area contributed by atoms with Crippen molar-refractivity contribution >= 4 is 18.1 Å². The molecule has 2 amide bonds. The molecule has 158 valence electrons. The smallest absolute Gasteiger partial charge is 0.254 e. The molecule has 1 aromatic rings. The van der Waals surface area contributed by atoms with Crippen molar-refractivity contribution in [3.63, 3.8) is 0 Å². The lowest BCUT2D eigenvalue weighted by molar-refractivity contribution is -0.118. The van der Waals surface area contributed by atoms with E-state index in [9.17, 15) is 18.8 Å². The number of nitrogens with one attached hydrogen (secondary N) is 1. The molecule has 0 saturated heterocycles. The first-order valence-electron chi connectivity index (χ1n) is 9.27. The molecule has 3 N–H and O–H groups in total. The van der Waals surface area contributed by atoms with Crippen LogP contribution in [0.2, 0.25) is 0 Å². The number of hydrogen-bond donors (Lipinski definition) is 2. The summed E-state index contributed by atoms with van der Waals surface area (Å²) in [5.41, 5.74) is 5.87. The SMILES string of the molecule is CCOC1CC1.CNC(=O)/C(C=O)=C/C(=C\N(C)Cc1ccc(F)cc1)C(N)=O. The molecule has 0 heterocycles. The molecule has 29 heavy (non-hydrogen) atoms. The van der Waals surface area contributed by atoms with Crippen LogP contribution in [0.15, 0.2) is 47.7 Å². The Morgan fingerprint density at radius 1 is 1.28 bits per heavy atom. The number of ether oxygens (including phenoxy) is 1. The van der Waals surface area contributed by atoms with E-state index >= 15 is 0 Å². The molecule has 2 rings (SSSR count). The largest absolute Gasteiger partial charge is 0.379 e. The number of halogens is 1. The van der Waals surface area contributed by atoms with Crippen molar-refractivity contribution in [1.82, 2.24) is 10.2 Å². The molecular formula is C21H28FN3O4. The van der Waals surface area contributed by atoms with E-state index in [-0.39, 0.29) is 17.0 Å². The van der Waals surface area contributed by atoms with Crippen LogP contribution in [0.25, 0.3) is 0 Å². The topological polar surface area (TPSA) is 102 Å². The summed E-state index contributed by atoms with van der Waals surface area (Å²) in [6.45, 7) is 3.32. The number of carbonyl (C=O) groups excluding carboxylic acids is 3. The first kappa shape index (κ1) is 24.0. The van der Waals surface area contributed by atoms with Crippen LogP contribution in [0.5, 0.6) is 0 Å². The first-order chi connectivity index (χ1) is 13.8. The van der Waals surface area contributed by atoms with E-state index in [0.717, 1.165) is 18.2 Å². The zero-order valence-electron chi connectivity index (χ0n) is 17.0. The lowest BCUT2D eigenvalue weighted by Crippen LogP contribution is -2.23. The molecule has 1 aromatic carbocycles. The predicted molar refractivity (Wildman–Crippen MR) is 108 cm³/mol. The van der Waals surface area contributed by atoms with Gasteiger partial charge in [-0.3, -0.25) is 14.4 Å². The zero-order chi connectivity index (χ0) is 21.8. The monoisotopic (exact) mass is 405 g/mol. The molecule has 0 unspecified atom stereocenters. The quantitative estimate of drug-likeness (QED) is 0.214. The fourth-order valence-corrected chi connectivity index (χ4v) is 2.27. The van der Waals surface area contributed by atoms with Crippen molar-refractivity contribution in [2.45, 2.75) is 32.4 Å². The van der Waals surface area contributed by atoms with Crippen LogP contribution in [-0.2, 0) is 25.7 Å². The lowest BCUT2D eigenvalue weighted by atomic mass is 10.1. The Balaban J connectivity index is 0.000000594. The molecule has 0 bridgehead atoms. The van der Waals surface area contributed by atoms with E-state index in [4.69, 9.17) is 10.5 Å². The van der Waals surface area contributed by atoms with Crippen molar-refractivity contribution in [3.8, 4) is 0 Å². The Kier molecular flexibility index (Phi) is 10.3. The van der Waals surface area contributed by atoms with E-state index in [2.05, 4.69) is 5.32 Å². The van der Waals surface area contributed by atoms with Gasteiger partial charge in [0.1, 0.15) is 5.82 Å². The van der Waals surface area contributed by atoms with Crippen molar-refractivity contribution in [2.24, 2.45) is 5.73 Å². The third kappa shape index (κ3) is 9.66. The molecule has 1 fully saturated rings. The number of nitrogens with zero attached hydrogens (tertiary/aromatic N) is 1. The number of rotatable bonds is 9. The fourth-order valence-electron chi connectivity index (χ4n) is 2.27. The van der Waals surface area contributed by atoms with E-state index in [0.29, 0.717) is 18.9 Å². The zero-order valence-corrected chi connectivity index (χ0v) is 17.0. The highest BCUT2D eigenvalue weighted by atomic mass is 19.1. The van der Waals surface area contributed by atoms with Gasteiger partial charge < -0.3 is 20.7 Å². The van der Waals surface area contributed by atoms with Gasteiger partial charge in [0.05, 0.1) is 17.3 Å². The third-order valence-electron chi connectivity index (χ3n) is 3.84. The van der Waals surface area contributed by atoms with Crippen LogP contribution in [0, 0.1) is 5.82 Å². The van der Waals surface area contributed by atoms with Crippen molar-refractivity contribution in [2.75, 3.05) is 20.7 Å². The summed E-state index contributed by atoms with van der Waals surface area (Å²) >= 11 is 0. The van der Waals surface area contributed by atoms with Gasteiger partial charge in [0.25, 0.3) is 5.91 Å². The van der Waals surface area contributed by atoms with Crippen LogP contribution in [0.1, 0.15) is 25.3 Å². The summed E-state index contributed by atoms with van der Waals surface area (Å²) in [7, 11) is 3.05. The highest BCUT2D eigenvalue weighted by molar-refractivity contribution is 6.12. The normalized spacial score (nSPS) is 13.8. The molecule has 1 aliphatic rings. The van der Waals surface area contributed by atoms with Gasteiger partial charge in [-0.2, -0.15) is 0 Å². The molecule has 0 atom stereocenters. The van der Waals surface area contributed by atoms with Crippen LogP contribution in [0.3, 0.4) is 0 Å². The lowest BCUT2D eigenvalue weighted by Gasteiger charge is -2.15. The van der Waals surface area contributed by atoms with E-state index < -0.39 is 11.8 Å². The van der Waals surface area contributed by atoms with Gasteiger partial charge >= 0.3 is 0 Å². The van der Waals surface area contributed by atoms with Crippen LogP contribution in [-0.4, -0.2) is 49.8 Å². The molecule has 0 spiro atoms. The minimum Gasteiger partial charge on any atom is -0.379 e. The van der Waals surface area contributed by atoms with Gasteiger partial charge in [-0.25, -0.2) is 4.39 Å². The average molecular weight is 405 g/mol. The van der Waals surface area contributed by atoms with Gasteiger partial charge in [-0.1, -0.05) is 12.1 Å². The molecule has 0 radical (unpaired) electrons. The van der Waals surface area contributed by atoms with Crippen LogP contribution >= 0.6 is 0 Å². The summed E-state index contributed by atoms with van der Waals surface area (Å²) in [6, 6.07) is 5.89. The van der Waals surface area contributed by atoms with Gasteiger partial charge in [-0.15, -0.1) is 0 Å². The second kappa shape index (κ2) is 12.5. The van der Waals surface area contributed by atoms with E-state index in [1.807, 2.05) is 6.92 Å². The Morgan fingerprint density at radius 2 is 1.90 bits per heavy atom. The minimum atomic E-state index is -0.779. The molecule has 0 aliphatic heterocycles. The van der Waals surface area contributed by atoms with Crippen LogP contribution in [0.4, 0.5) is 4.39 Å². The maximum Gasteiger partial charge on any atom is 0.254 e. The highest BCUT2D eigenvalue weighted by Crippen LogP contribution is 2.22. The summed E-state index contributed by atoms with van der Waals surface area (Å²) < 4.78 is 18.0. The number of benzene rings is 1. The molecule has 1 saturated carbocycles. The van der Waals surface area contributed by atoms with Crippen molar-refractivity contribution in [1.29, 1.82) is 0 Å². The number of hydrogen-bond acceptors (Lipinski definition) is 5. The second-order valence-corrected chi connectivity index (χ2v) is 6.44. The maximum atomic E-state index is 12.9. The summed E-state index contributed by atoms with van der Waals surface area (Å²) in [4.78, 5) is 35.5. The molecule has 7 nitrogen and oxygen atoms in total. The number of aldehydes is 1. The number of nitrogens with two attached hydrogens (primary N) is 1. The van der Waals surface area contributed by atoms with Gasteiger partial charge in [0.15, 0.2) is 6.29 Å². The standard InChI is InChI=1S/C16H18FN3O3.C5H10O/c1-19-16(23)13(10-21)7-12(15(18)22)9-20(2)8-11-3-5-14(17)6-4-11;1-2-6-5-3-4-5/h3-7,9-10H,8H2,1-2H3,(H2,18,22)(H,19,23);5H,2-4H2,1H3/b12-9+,13-7+;. The molecular weight excluding hydrogens is 377 g/mol. The summed E-state index contributed by atoms with van der Waals surface area (Å²) in [5, 5.41) is 2.29. The molecule has 1 aliphatic carbocycles. The number of amides is 2. The third-order valence-corrected chi connectivity index (χ3v) is 3.84. The highest BCUT2D eigenvalue weighted by Gasteiger charge is 2.20. The Hall–Kier alpha value is -3.00. The number of primary amides is 1. The molecule has 0 aromatic heterocycles. The van der Waals surface area contributed by atoms with E-state index in [1.165, 1.54) is 38.2 Å². The Morgan fingerprint density at radius 3 is 2.31 bits per heavy atom. The summed E-state index contributed by atoms with van der Waals surface area (Å²) in [6.07, 6.45) is 6.13. The van der Waals surface area contributed by atoms with Gasteiger partial charge in [0, 0.05) is 33.4 Å². The number of likely N-dealkylation sites (N-methyl/N-ethyl adjacent to an activating group) is 1. The van der Waals surface area contributed by atoms with Crippen molar-refractivity contribution in [3.05, 3.63) is 59.1 Å².